The highest BCUT2D eigenvalue weighted by atomic mass is 14.4. The molecule has 0 aromatic heterocycles. The molecule has 0 N–H and O–H groups in total. The summed E-state index contributed by atoms with van der Waals surface area (Å²) in [5.41, 5.74) is 0. The maximum Gasteiger partial charge on any atom is -0.0386 e. The van der Waals surface area contributed by atoms with E-state index in [1.54, 1.807) is 0 Å². The highest BCUT2D eigenvalue weighted by molar-refractivity contribution is 4.86. The molecule has 0 aromatic carbocycles. The standard InChI is InChI=1S/C20H40/c1-12(2)13(3)14(4)15(5)16(6)17(7)18(8)19(9)20-10-11-20/h12-20H,10-11H2,1-9H3. The molecule has 0 amide bonds. The van der Waals surface area contributed by atoms with E-state index in [1.165, 1.54) is 12.8 Å². The van der Waals surface area contributed by atoms with Crippen molar-refractivity contribution in [2.75, 3.05) is 0 Å². The average Bonchev–Trinajstić information content (AvgIpc) is 3.25. The molecule has 1 aliphatic rings. The second-order valence-electron chi connectivity index (χ2n) is 8.60. The van der Waals surface area contributed by atoms with E-state index < -0.39 is 0 Å². The van der Waals surface area contributed by atoms with E-state index in [-0.39, 0.29) is 0 Å². The second kappa shape index (κ2) is 7.32. The fourth-order valence-corrected chi connectivity index (χ4v) is 4.05. The third-order valence-corrected chi connectivity index (χ3v) is 7.39. The van der Waals surface area contributed by atoms with Crippen molar-refractivity contribution in [3.63, 3.8) is 0 Å². The van der Waals surface area contributed by atoms with Gasteiger partial charge in [0.15, 0.2) is 0 Å². The van der Waals surface area contributed by atoms with Gasteiger partial charge in [-0.3, -0.25) is 0 Å². The Balaban J connectivity index is 2.59. The smallest absolute Gasteiger partial charge is 0.0386 e. The van der Waals surface area contributed by atoms with Crippen LogP contribution in [0, 0.1) is 53.3 Å². The van der Waals surface area contributed by atoms with E-state index in [4.69, 9.17) is 0 Å². The molecule has 7 unspecified atom stereocenters. The first-order chi connectivity index (χ1) is 9.18. The molecule has 0 bridgehead atoms. The molecule has 0 saturated heterocycles. The molecule has 120 valence electrons. The normalized spacial score (nSPS) is 26.7. The molecular formula is C20H40. The fraction of sp³-hybridized carbons (Fsp3) is 1.00. The zero-order chi connectivity index (χ0) is 15.6. The summed E-state index contributed by atoms with van der Waals surface area (Å²) < 4.78 is 0. The van der Waals surface area contributed by atoms with Crippen molar-refractivity contribution in [3.05, 3.63) is 0 Å². The maximum absolute atomic E-state index is 2.51. The third kappa shape index (κ3) is 4.25. The van der Waals surface area contributed by atoms with Crippen LogP contribution >= 0.6 is 0 Å². The van der Waals surface area contributed by atoms with Crippen LogP contribution in [0.3, 0.4) is 0 Å². The molecule has 1 rings (SSSR count). The minimum Gasteiger partial charge on any atom is -0.0625 e. The average molecular weight is 281 g/mol. The van der Waals surface area contributed by atoms with Gasteiger partial charge < -0.3 is 0 Å². The Morgan fingerprint density at radius 1 is 0.500 bits per heavy atom. The predicted molar refractivity (Wildman–Crippen MR) is 91.7 cm³/mol. The van der Waals surface area contributed by atoms with Crippen molar-refractivity contribution in [1.82, 2.24) is 0 Å². The van der Waals surface area contributed by atoms with Crippen molar-refractivity contribution in [1.29, 1.82) is 0 Å². The van der Waals surface area contributed by atoms with Gasteiger partial charge in [0.1, 0.15) is 0 Å². The van der Waals surface area contributed by atoms with E-state index in [0.717, 1.165) is 53.3 Å². The van der Waals surface area contributed by atoms with Crippen LogP contribution in [0.2, 0.25) is 0 Å². The van der Waals surface area contributed by atoms with Gasteiger partial charge in [-0.25, -0.2) is 0 Å². The minimum absolute atomic E-state index is 0.803. The molecule has 0 nitrogen and oxygen atoms in total. The van der Waals surface area contributed by atoms with Crippen LogP contribution < -0.4 is 0 Å². The van der Waals surface area contributed by atoms with E-state index >= 15 is 0 Å². The summed E-state index contributed by atoms with van der Waals surface area (Å²) in [7, 11) is 0. The summed E-state index contributed by atoms with van der Waals surface area (Å²) >= 11 is 0. The van der Waals surface area contributed by atoms with Gasteiger partial charge in [-0.2, -0.15) is 0 Å². The summed E-state index contributed by atoms with van der Waals surface area (Å²) in [6.07, 6.45) is 2.98. The lowest BCUT2D eigenvalue weighted by atomic mass is 9.67. The van der Waals surface area contributed by atoms with E-state index in [1.807, 2.05) is 0 Å². The topological polar surface area (TPSA) is 0 Å². The molecule has 7 atom stereocenters. The molecule has 0 aromatic rings. The highest BCUT2D eigenvalue weighted by Crippen LogP contribution is 2.45. The lowest BCUT2D eigenvalue weighted by molar-refractivity contribution is 0.101. The van der Waals surface area contributed by atoms with Gasteiger partial charge in [-0.05, 0) is 66.1 Å². The Kier molecular flexibility index (Phi) is 6.61. The van der Waals surface area contributed by atoms with Crippen molar-refractivity contribution in [2.45, 2.75) is 75.2 Å². The largest absolute Gasteiger partial charge is 0.0625 e. The van der Waals surface area contributed by atoms with Crippen molar-refractivity contribution in [2.24, 2.45) is 53.3 Å². The minimum atomic E-state index is 0.803. The van der Waals surface area contributed by atoms with Crippen molar-refractivity contribution < 1.29 is 0 Å². The predicted octanol–water partition coefficient (Wildman–Crippen LogP) is 6.51. The molecule has 0 spiro atoms. The summed E-state index contributed by atoms with van der Waals surface area (Å²) in [4.78, 5) is 0. The summed E-state index contributed by atoms with van der Waals surface area (Å²) in [6.45, 7) is 22.2. The van der Waals surface area contributed by atoms with Crippen molar-refractivity contribution in [3.8, 4) is 0 Å². The molecule has 20 heavy (non-hydrogen) atoms. The van der Waals surface area contributed by atoms with Gasteiger partial charge in [-0.1, -0.05) is 62.3 Å². The van der Waals surface area contributed by atoms with Crippen LogP contribution in [0.25, 0.3) is 0 Å². The molecule has 1 fully saturated rings. The zero-order valence-electron chi connectivity index (χ0n) is 15.6. The Morgan fingerprint density at radius 3 is 1.20 bits per heavy atom. The lowest BCUT2D eigenvalue weighted by Crippen LogP contribution is -2.32. The highest BCUT2D eigenvalue weighted by Gasteiger charge is 2.37. The molecular weight excluding hydrogens is 240 g/mol. The first-order valence-corrected chi connectivity index (χ1v) is 9.18. The van der Waals surface area contributed by atoms with Crippen LogP contribution in [0.5, 0.6) is 0 Å². The Morgan fingerprint density at radius 2 is 0.850 bits per heavy atom. The molecule has 0 heteroatoms. The van der Waals surface area contributed by atoms with Crippen LogP contribution in [-0.4, -0.2) is 0 Å². The first kappa shape index (κ1) is 18.1. The molecule has 0 radical (unpaired) electrons. The van der Waals surface area contributed by atoms with Crippen LogP contribution in [0.4, 0.5) is 0 Å². The van der Waals surface area contributed by atoms with Gasteiger partial charge in [-0.15, -0.1) is 0 Å². The number of rotatable bonds is 8. The Labute approximate surface area is 129 Å². The molecule has 1 aliphatic carbocycles. The van der Waals surface area contributed by atoms with Crippen molar-refractivity contribution >= 4 is 0 Å². The van der Waals surface area contributed by atoms with Crippen LogP contribution in [-0.2, 0) is 0 Å². The monoisotopic (exact) mass is 280 g/mol. The van der Waals surface area contributed by atoms with E-state index in [9.17, 15) is 0 Å². The summed E-state index contributed by atoms with van der Waals surface area (Å²) in [5, 5.41) is 0. The van der Waals surface area contributed by atoms with Crippen LogP contribution in [0.1, 0.15) is 75.2 Å². The number of hydrogen-bond donors (Lipinski definition) is 0. The number of hydrogen-bond acceptors (Lipinski definition) is 0. The van der Waals surface area contributed by atoms with Gasteiger partial charge in [0.2, 0.25) is 0 Å². The van der Waals surface area contributed by atoms with E-state index in [2.05, 4.69) is 62.3 Å². The fourth-order valence-electron chi connectivity index (χ4n) is 4.05. The van der Waals surface area contributed by atoms with Gasteiger partial charge >= 0.3 is 0 Å². The third-order valence-electron chi connectivity index (χ3n) is 7.39. The Bertz CT molecular complexity index is 256. The van der Waals surface area contributed by atoms with Gasteiger partial charge in [0.25, 0.3) is 0 Å². The summed E-state index contributed by atoms with van der Waals surface area (Å²) in [5.74, 6) is 7.83. The van der Waals surface area contributed by atoms with Gasteiger partial charge in [0.05, 0.1) is 0 Å². The molecule has 1 saturated carbocycles. The molecule has 0 aliphatic heterocycles. The van der Waals surface area contributed by atoms with Crippen LogP contribution in [0.15, 0.2) is 0 Å². The zero-order valence-corrected chi connectivity index (χ0v) is 15.6. The quantitative estimate of drug-likeness (QED) is 0.475. The van der Waals surface area contributed by atoms with Gasteiger partial charge in [0, 0.05) is 0 Å². The van der Waals surface area contributed by atoms with E-state index in [0.29, 0.717) is 0 Å². The SMILES string of the molecule is CC(C)C(C)C(C)C(C)C(C)C(C)C(C)C(C)C1CC1. The first-order valence-electron chi connectivity index (χ1n) is 9.18. The molecule has 0 heterocycles. The maximum atomic E-state index is 2.51. The lowest BCUT2D eigenvalue weighted by Gasteiger charge is -2.39. The summed E-state index contributed by atoms with van der Waals surface area (Å²) in [6, 6.07) is 0. The second-order valence-corrected chi connectivity index (χ2v) is 8.60. The Hall–Kier alpha value is 0.